The number of nitrogens with zero attached hydrogens (tertiary/aromatic N) is 3. The highest BCUT2D eigenvalue weighted by Gasteiger charge is 2.24. The molecular weight excluding hydrogens is 414 g/mol. The lowest BCUT2D eigenvalue weighted by Crippen LogP contribution is -2.32. The Bertz CT molecular complexity index is 956. The van der Waals surface area contributed by atoms with Crippen LogP contribution in [0, 0.1) is 5.92 Å². The van der Waals surface area contributed by atoms with Crippen LogP contribution >= 0.6 is 0 Å². The molecule has 0 spiro atoms. The van der Waals surface area contributed by atoms with Crippen LogP contribution in [-0.4, -0.2) is 49.9 Å². The van der Waals surface area contributed by atoms with Gasteiger partial charge in [-0.05, 0) is 81.5 Å². The molecule has 7 heteroatoms. The number of aromatic nitrogens is 2. The maximum Gasteiger partial charge on any atom is 0.225 e. The molecule has 178 valence electrons. The molecule has 0 bridgehead atoms. The van der Waals surface area contributed by atoms with E-state index in [1.54, 1.807) is 0 Å². The van der Waals surface area contributed by atoms with Gasteiger partial charge in [0.15, 0.2) is 11.5 Å². The van der Waals surface area contributed by atoms with Gasteiger partial charge < -0.3 is 25.0 Å². The second-order valence-corrected chi connectivity index (χ2v) is 9.87. The van der Waals surface area contributed by atoms with Gasteiger partial charge in [-0.2, -0.15) is 4.98 Å². The van der Waals surface area contributed by atoms with Crippen molar-refractivity contribution in [1.29, 1.82) is 0 Å². The fraction of sp³-hybridized carbons (Fsp3) is 0.615. The Morgan fingerprint density at radius 1 is 0.970 bits per heavy atom. The Morgan fingerprint density at radius 3 is 2.58 bits per heavy atom. The Morgan fingerprint density at radius 2 is 1.76 bits per heavy atom. The van der Waals surface area contributed by atoms with Gasteiger partial charge in [-0.15, -0.1) is 0 Å². The highest BCUT2D eigenvalue weighted by Crippen LogP contribution is 2.32. The molecule has 1 aliphatic heterocycles. The largest absolute Gasteiger partial charge is 0.486 e. The van der Waals surface area contributed by atoms with E-state index in [1.807, 2.05) is 6.07 Å². The zero-order valence-corrected chi connectivity index (χ0v) is 20.0. The number of anilines is 2. The minimum absolute atomic E-state index is 0.468. The minimum Gasteiger partial charge on any atom is -0.486 e. The third kappa shape index (κ3) is 5.35. The second-order valence-electron chi connectivity index (χ2n) is 9.87. The maximum absolute atomic E-state index is 5.70. The highest BCUT2D eigenvalue weighted by atomic mass is 16.6. The summed E-state index contributed by atoms with van der Waals surface area (Å²) in [6.45, 7) is 3.19. The van der Waals surface area contributed by atoms with Crippen LogP contribution in [-0.2, 0) is 19.4 Å². The molecule has 1 aromatic heterocycles. The monoisotopic (exact) mass is 451 g/mol. The molecule has 0 unspecified atom stereocenters. The van der Waals surface area contributed by atoms with Crippen LogP contribution in [0.2, 0.25) is 0 Å². The van der Waals surface area contributed by atoms with E-state index in [0.717, 1.165) is 55.1 Å². The fourth-order valence-electron chi connectivity index (χ4n) is 5.32. The van der Waals surface area contributed by atoms with E-state index in [-0.39, 0.29) is 0 Å². The predicted molar refractivity (Wildman–Crippen MR) is 132 cm³/mol. The molecule has 1 saturated carbocycles. The van der Waals surface area contributed by atoms with Crippen molar-refractivity contribution in [3.05, 3.63) is 35.0 Å². The number of hydrogen-bond acceptors (Lipinski definition) is 7. The van der Waals surface area contributed by atoms with E-state index >= 15 is 0 Å². The van der Waals surface area contributed by atoms with Crippen LogP contribution in [0.5, 0.6) is 11.5 Å². The van der Waals surface area contributed by atoms with Crippen molar-refractivity contribution in [2.24, 2.45) is 5.92 Å². The van der Waals surface area contributed by atoms with Gasteiger partial charge in [0.25, 0.3) is 0 Å². The van der Waals surface area contributed by atoms with E-state index in [0.29, 0.717) is 19.3 Å². The molecule has 33 heavy (non-hydrogen) atoms. The number of hydrogen-bond donors (Lipinski definition) is 2. The van der Waals surface area contributed by atoms with Gasteiger partial charge >= 0.3 is 0 Å². The quantitative estimate of drug-likeness (QED) is 0.660. The van der Waals surface area contributed by atoms with Crippen LogP contribution < -0.4 is 25.0 Å². The van der Waals surface area contributed by atoms with Gasteiger partial charge in [-0.1, -0.05) is 6.07 Å². The lowest BCUT2D eigenvalue weighted by molar-refractivity contribution is 0.171. The van der Waals surface area contributed by atoms with Crippen LogP contribution in [0.25, 0.3) is 0 Å². The van der Waals surface area contributed by atoms with Crippen molar-refractivity contribution in [3.8, 4) is 11.5 Å². The van der Waals surface area contributed by atoms with Gasteiger partial charge in [-0.3, -0.25) is 0 Å². The highest BCUT2D eigenvalue weighted by molar-refractivity contribution is 5.53. The summed E-state index contributed by atoms with van der Waals surface area (Å²) in [6.07, 6.45) is 9.48. The summed E-state index contributed by atoms with van der Waals surface area (Å²) in [4.78, 5) is 11.9. The molecule has 0 amide bonds. The predicted octanol–water partition coefficient (Wildman–Crippen LogP) is 3.95. The number of aryl methyl sites for hydroxylation is 1. The van der Waals surface area contributed by atoms with Crippen molar-refractivity contribution in [1.82, 2.24) is 15.3 Å². The Balaban J connectivity index is 1.09. The third-order valence-electron chi connectivity index (χ3n) is 7.13. The minimum atomic E-state index is 0.468. The zero-order chi connectivity index (χ0) is 22.6. The Kier molecular flexibility index (Phi) is 6.85. The first-order valence-corrected chi connectivity index (χ1v) is 12.6. The molecule has 0 saturated heterocycles. The average molecular weight is 452 g/mol. The number of fused-ring (bicyclic) bond motifs is 2. The van der Waals surface area contributed by atoms with Crippen molar-refractivity contribution in [2.45, 2.75) is 64.0 Å². The van der Waals surface area contributed by atoms with Crippen LogP contribution in [0.3, 0.4) is 0 Å². The van der Waals surface area contributed by atoms with Crippen LogP contribution in [0.15, 0.2) is 18.2 Å². The second kappa shape index (κ2) is 10.2. The van der Waals surface area contributed by atoms with Gasteiger partial charge in [0.1, 0.15) is 19.0 Å². The van der Waals surface area contributed by atoms with Crippen LogP contribution in [0.1, 0.15) is 55.3 Å². The summed E-state index contributed by atoms with van der Waals surface area (Å²) in [5.41, 5.74) is 3.85. The molecule has 2 aliphatic carbocycles. The van der Waals surface area contributed by atoms with E-state index in [4.69, 9.17) is 19.4 Å². The number of benzene rings is 1. The zero-order valence-electron chi connectivity index (χ0n) is 20.0. The number of rotatable bonds is 7. The molecule has 0 atom stereocenters. The normalized spacial score (nSPS) is 21.9. The van der Waals surface area contributed by atoms with E-state index in [1.165, 1.54) is 55.3 Å². The standard InChI is InChI=1S/C26H37N5O2/c1-31(2)25-21-5-3-4-6-22(21)29-26(30-25)28-20-10-7-18(8-11-20)16-27-17-19-9-12-23-24(15-19)33-14-13-32-23/h9,12,15,18,20,27H,3-8,10-11,13-14,16-17H2,1-2H3,(H,28,29,30)/t18-,20+. The molecule has 3 aliphatic rings. The summed E-state index contributed by atoms with van der Waals surface area (Å²) >= 11 is 0. The fourth-order valence-corrected chi connectivity index (χ4v) is 5.32. The van der Waals surface area contributed by atoms with Crippen molar-refractivity contribution in [3.63, 3.8) is 0 Å². The smallest absolute Gasteiger partial charge is 0.225 e. The Labute approximate surface area is 197 Å². The first-order valence-electron chi connectivity index (χ1n) is 12.6. The topological polar surface area (TPSA) is 71.5 Å². The molecule has 2 aromatic rings. The summed E-state index contributed by atoms with van der Waals surface area (Å²) < 4.78 is 11.3. The van der Waals surface area contributed by atoms with E-state index in [2.05, 4.69) is 41.8 Å². The van der Waals surface area contributed by atoms with Crippen LogP contribution in [0.4, 0.5) is 11.8 Å². The van der Waals surface area contributed by atoms with Crippen molar-refractivity contribution < 1.29 is 9.47 Å². The van der Waals surface area contributed by atoms with Gasteiger partial charge in [0.05, 0.1) is 5.69 Å². The molecule has 1 fully saturated rings. The first kappa shape index (κ1) is 22.3. The maximum atomic E-state index is 5.70. The van der Waals surface area contributed by atoms with Gasteiger partial charge in [-0.25, -0.2) is 4.98 Å². The average Bonchev–Trinajstić information content (AvgIpc) is 2.84. The molecular formula is C26H37N5O2. The molecule has 7 nitrogen and oxygen atoms in total. The molecule has 2 N–H and O–H groups in total. The number of nitrogens with one attached hydrogen (secondary N) is 2. The summed E-state index contributed by atoms with van der Waals surface area (Å²) in [5.74, 6) is 4.37. The first-order chi connectivity index (χ1) is 16.2. The van der Waals surface area contributed by atoms with Gasteiger partial charge in [0, 0.05) is 32.2 Å². The van der Waals surface area contributed by atoms with Crippen molar-refractivity contribution in [2.75, 3.05) is 44.1 Å². The summed E-state index contributed by atoms with van der Waals surface area (Å²) in [7, 11) is 4.17. The molecule has 1 aromatic carbocycles. The van der Waals surface area contributed by atoms with E-state index < -0.39 is 0 Å². The lowest BCUT2D eigenvalue weighted by Gasteiger charge is -2.30. The lowest BCUT2D eigenvalue weighted by atomic mass is 9.86. The Hall–Kier alpha value is -2.54. The summed E-state index contributed by atoms with van der Waals surface area (Å²) in [6, 6.07) is 6.72. The van der Waals surface area contributed by atoms with E-state index in [9.17, 15) is 0 Å². The van der Waals surface area contributed by atoms with Crippen molar-refractivity contribution >= 4 is 11.8 Å². The van der Waals surface area contributed by atoms with Gasteiger partial charge in [0.2, 0.25) is 5.95 Å². The SMILES string of the molecule is CN(C)c1nc(N[C@H]2CC[C@@H](CNCc3ccc4c(c3)OCCO4)CC2)nc2c1CCCC2. The summed E-state index contributed by atoms with van der Waals surface area (Å²) in [5, 5.41) is 7.31. The molecule has 0 radical (unpaired) electrons. The number of ether oxygens (including phenoxy) is 2. The molecule has 2 heterocycles. The third-order valence-corrected chi connectivity index (χ3v) is 7.13. The molecule has 5 rings (SSSR count).